The molecule has 0 saturated heterocycles. The van der Waals surface area contributed by atoms with Gasteiger partial charge in [-0.25, -0.2) is 18.4 Å². The van der Waals surface area contributed by atoms with Crippen molar-refractivity contribution in [2.75, 3.05) is 37.1 Å². The van der Waals surface area contributed by atoms with Crippen molar-refractivity contribution in [1.29, 1.82) is 0 Å². The molecule has 11 nitrogen and oxygen atoms in total. The molecule has 0 fully saturated rings. The highest BCUT2D eigenvalue weighted by Gasteiger charge is 2.24. The summed E-state index contributed by atoms with van der Waals surface area (Å²) in [5, 5.41) is 9.86. The summed E-state index contributed by atoms with van der Waals surface area (Å²) >= 11 is 0. The van der Waals surface area contributed by atoms with Crippen LogP contribution in [0.1, 0.15) is 38.4 Å². The number of carboxylic acid groups (broad SMARTS) is 1. The molecule has 0 unspecified atom stereocenters. The van der Waals surface area contributed by atoms with Crippen molar-refractivity contribution in [3.8, 4) is 17.3 Å². The number of anilines is 1. The van der Waals surface area contributed by atoms with Crippen molar-refractivity contribution in [3.63, 3.8) is 0 Å². The summed E-state index contributed by atoms with van der Waals surface area (Å²) in [6.45, 7) is 5.83. The number of aryl methyl sites for hydroxylation is 1. The molecule has 2 N–H and O–H groups in total. The van der Waals surface area contributed by atoms with E-state index < -0.39 is 9.84 Å². The van der Waals surface area contributed by atoms with E-state index in [4.69, 9.17) is 24.6 Å². The predicted molar refractivity (Wildman–Crippen MR) is 132 cm³/mol. The lowest BCUT2D eigenvalue weighted by molar-refractivity contribution is -0.123. The minimum Gasteiger partial charge on any atom is -0.492 e. The van der Waals surface area contributed by atoms with Gasteiger partial charge in [0.05, 0.1) is 12.3 Å². The van der Waals surface area contributed by atoms with E-state index >= 15 is 0 Å². The molecule has 2 heterocycles. The van der Waals surface area contributed by atoms with Gasteiger partial charge in [0.15, 0.2) is 15.7 Å². The molecule has 192 valence electrons. The van der Waals surface area contributed by atoms with E-state index in [2.05, 4.69) is 10.3 Å². The number of pyridine rings is 1. The molecule has 0 aliphatic heterocycles. The highest BCUT2D eigenvalue weighted by Crippen LogP contribution is 2.31. The van der Waals surface area contributed by atoms with E-state index in [0.717, 1.165) is 36.3 Å². The Balaban J connectivity index is 0.00000137. The molecule has 0 radical (unpaired) electrons. The number of rotatable bonds is 8. The van der Waals surface area contributed by atoms with Gasteiger partial charge in [-0.05, 0) is 46.1 Å². The number of carbonyl (C=O) groups is 2. The highest BCUT2D eigenvalue weighted by atomic mass is 32.2. The summed E-state index contributed by atoms with van der Waals surface area (Å²) in [7, 11) is -1.25. The molecular formula is C23H33N5O6S. The van der Waals surface area contributed by atoms with Crippen molar-refractivity contribution in [3.05, 3.63) is 29.6 Å². The molecule has 1 aliphatic rings. The lowest BCUT2D eigenvalue weighted by atomic mass is 10.1. The van der Waals surface area contributed by atoms with Crippen molar-refractivity contribution in [2.45, 2.75) is 45.6 Å². The molecule has 0 atom stereocenters. The quantitative estimate of drug-likeness (QED) is 0.503. The van der Waals surface area contributed by atoms with E-state index in [-0.39, 0.29) is 36.8 Å². The van der Waals surface area contributed by atoms with Crippen molar-refractivity contribution >= 4 is 28.0 Å². The summed E-state index contributed by atoms with van der Waals surface area (Å²) in [6.07, 6.45) is 5.47. The fourth-order valence-electron chi connectivity index (χ4n) is 3.53. The summed E-state index contributed by atoms with van der Waals surface area (Å²) in [6, 6.07) is 3.37. The number of aromatic nitrogens is 3. The summed E-state index contributed by atoms with van der Waals surface area (Å²) in [5.41, 5.74) is 2.27. The maximum atomic E-state index is 12.4. The van der Waals surface area contributed by atoms with Crippen LogP contribution in [0.2, 0.25) is 0 Å². The highest BCUT2D eigenvalue weighted by molar-refractivity contribution is 7.90. The van der Waals surface area contributed by atoms with Crippen molar-refractivity contribution < 1.29 is 27.9 Å². The van der Waals surface area contributed by atoms with Crippen LogP contribution in [0, 0.1) is 0 Å². The van der Waals surface area contributed by atoms with Crippen LogP contribution >= 0.6 is 0 Å². The largest absolute Gasteiger partial charge is 0.492 e. The Labute approximate surface area is 205 Å². The Kier molecular flexibility index (Phi) is 9.52. The third kappa shape index (κ3) is 9.12. The smallest absolute Gasteiger partial charge is 0.290 e. The standard InChI is InChI=1S/C22H31N5O4S.CH2O2/c1-22(2,3)26-19(28)14-27(4)21-16-7-6-8-17(16)24-20(25-21)18-13-15(9-10-23-18)31-11-12-32(5,29)30;2-1-3/h9-10,13H,6-8,11-12,14H2,1-5H3,(H,26,28);1H,(H,2,3). The molecular weight excluding hydrogens is 474 g/mol. The summed E-state index contributed by atoms with van der Waals surface area (Å²) < 4.78 is 28.2. The van der Waals surface area contributed by atoms with Gasteiger partial charge in [-0.3, -0.25) is 14.6 Å². The van der Waals surface area contributed by atoms with Gasteiger partial charge in [-0.2, -0.15) is 0 Å². The number of ether oxygens (including phenoxy) is 1. The van der Waals surface area contributed by atoms with Gasteiger partial charge >= 0.3 is 0 Å². The number of sulfone groups is 1. The maximum absolute atomic E-state index is 12.4. The second-order valence-electron chi connectivity index (χ2n) is 9.26. The van der Waals surface area contributed by atoms with E-state index in [9.17, 15) is 13.2 Å². The topological polar surface area (TPSA) is 152 Å². The second-order valence-corrected chi connectivity index (χ2v) is 11.5. The molecule has 12 heteroatoms. The normalized spacial score (nSPS) is 12.7. The lowest BCUT2D eigenvalue weighted by Crippen LogP contribution is -2.45. The number of nitrogens with zero attached hydrogens (tertiary/aromatic N) is 4. The first kappa shape index (κ1) is 28.0. The fourth-order valence-corrected chi connectivity index (χ4v) is 3.91. The van der Waals surface area contributed by atoms with E-state index in [1.165, 1.54) is 6.26 Å². The molecule has 0 spiro atoms. The summed E-state index contributed by atoms with van der Waals surface area (Å²) in [5.74, 6) is 1.55. The van der Waals surface area contributed by atoms with E-state index in [1.807, 2.05) is 32.7 Å². The number of hydrogen-bond donors (Lipinski definition) is 2. The minimum absolute atomic E-state index is 0.0597. The minimum atomic E-state index is -3.10. The van der Waals surface area contributed by atoms with Gasteiger partial charge in [0.2, 0.25) is 5.91 Å². The van der Waals surface area contributed by atoms with Crippen LogP contribution in [0.4, 0.5) is 5.82 Å². The number of hydrogen-bond acceptors (Lipinski definition) is 9. The van der Waals surface area contributed by atoms with Gasteiger partial charge in [-0.1, -0.05) is 0 Å². The second kappa shape index (κ2) is 11.9. The predicted octanol–water partition coefficient (Wildman–Crippen LogP) is 1.50. The van der Waals surface area contributed by atoms with E-state index in [1.54, 1.807) is 18.3 Å². The zero-order valence-electron chi connectivity index (χ0n) is 20.7. The monoisotopic (exact) mass is 507 g/mol. The number of amides is 1. The van der Waals surface area contributed by atoms with Crippen LogP contribution in [0.25, 0.3) is 11.5 Å². The molecule has 1 aliphatic carbocycles. The SMILES string of the molecule is CN(CC(=O)NC(C)(C)C)c1nc(-c2cc(OCCS(C)(=O)=O)ccn2)nc2c1CCC2.O=CO. The molecule has 0 bridgehead atoms. The van der Waals surface area contributed by atoms with Gasteiger partial charge in [0.1, 0.15) is 23.9 Å². The molecule has 2 aromatic rings. The van der Waals surface area contributed by atoms with Gasteiger partial charge in [0, 0.05) is 42.4 Å². The van der Waals surface area contributed by atoms with Gasteiger partial charge in [-0.15, -0.1) is 0 Å². The molecule has 2 aromatic heterocycles. The zero-order chi connectivity index (χ0) is 26.2. The van der Waals surface area contributed by atoms with Gasteiger partial charge in [0.25, 0.3) is 6.47 Å². The number of likely N-dealkylation sites (N-methyl/N-ethyl adjacent to an activating group) is 1. The number of fused-ring (bicyclic) bond motifs is 1. The van der Waals surface area contributed by atoms with Crippen LogP contribution in [0.15, 0.2) is 18.3 Å². The Morgan fingerprint density at radius 2 is 1.97 bits per heavy atom. The fraction of sp³-hybridized carbons (Fsp3) is 0.522. The van der Waals surface area contributed by atoms with Crippen LogP contribution in [-0.2, 0) is 32.3 Å². The number of nitrogens with one attached hydrogen (secondary N) is 1. The molecule has 1 amide bonds. The molecule has 3 rings (SSSR count). The third-order valence-electron chi connectivity index (χ3n) is 4.85. The first-order valence-electron chi connectivity index (χ1n) is 11.1. The first-order chi connectivity index (χ1) is 16.3. The zero-order valence-corrected chi connectivity index (χ0v) is 21.6. The van der Waals surface area contributed by atoms with Crippen molar-refractivity contribution in [1.82, 2.24) is 20.3 Å². The van der Waals surface area contributed by atoms with Gasteiger partial charge < -0.3 is 20.1 Å². The average Bonchev–Trinajstić information content (AvgIpc) is 3.20. The van der Waals surface area contributed by atoms with Crippen LogP contribution < -0.4 is 15.0 Å². The first-order valence-corrected chi connectivity index (χ1v) is 13.2. The average molecular weight is 508 g/mol. The lowest BCUT2D eigenvalue weighted by Gasteiger charge is -2.25. The Hall–Kier alpha value is -3.28. The molecule has 35 heavy (non-hydrogen) atoms. The Morgan fingerprint density at radius 1 is 1.29 bits per heavy atom. The van der Waals surface area contributed by atoms with Crippen molar-refractivity contribution in [2.24, 2.45) is 0 Å². The third-order valence-corrected chi connectivity index (χ3v) is 5.76. The van der Waals surface area contributed by atoms with Crippen LogP contribution in [0.3, 0.4) is 0 Å². The molecule has 0 aromatic carbocycles. The maximum Gasteiger partial charge on any atom is 0.290 e. The Morgan fingerprint density at radius 3 is 2.60 bits per heavy atom. The molecule has 0 saturated carbocycles. The Bertz CT molecular complexity index is 1150. The summed E-state index contributed by atoms with van der Waals surface area (Å²) in [4.78, 5) is 36.5. The number of carbonyl (C=O) groups excluding carboxylic acids is 1. The van der Waals surface area contributed by atoms with E-state index in [0.29, 0.717) is 17.3 Å². The van der Waals surface area contributed by atoms with Crippen LogP contribution in [0.5, 0.6) is 5.75 Å². The van der Waals surface area contributed by atoms with Crippen LogP contribution in [-0.4, -0.2) is 78.6 Å².